The molecule has 152 valence electrons. The Morgan fingerprint density at radius 2 is 1.83 bits per heavy atom. The third-order valence-electron chi connectivity index (χ3n) is 5.98. The lowest BCUT2D eigenvalue weighted by atomic mass is 9.77. The Bertz CT molecular complexity index is 1110. The van der Waals surface area contributed by atoms with Gasteiger partial charge in [-0.1, -0.05) is 65.7 Å². The second-order valence-corrected chi connectivity index (χ2v) is 8.67. The highest BCUT2D eigenvalue weighted by Crippen LogP contribution is 2.52. The molecular weight excluding hydrogens is 417 g/mol. The highest BCUT2D eigenvalue weighted by molar-refractivity contribution is 6.35. The molecule has 5 heteroatoms. The summed E-state index contributed by atoms with van der Waals surface area (Å²) in [6, 6.07) is 19.6. The van der Waals surface area contributed by atoms with E-state index in [0.29, 0.717) is 11.6 Å². The molecule has 3 atom stereocenters. The zero-order valence-corrected chi connectivity index (χ0v) is 17.7. The van der Waals surface area contributed by atoms with Crippen LogP contribution in [0.1, 0.15) is 35.1 Å². The summed E-state index contributed by atoms with van der Waals surface area (Å²) in [7, 11) is 0. The minimum absolute atomic E-state index is 0.0789. The van der Waals surface area contributed by atoms with Crippen molar-refractivity contribution in [1.29, 1.82) is 0 Å². The van der Waals surface area contributed by atoms with Gasteiger partial charge in [-0.3, -0.25) is 0 Å². The van der Waals surface area contributed by atoms with E-state index in [1.165, 1.54) is 5.56 Å². The molecule has 0 amide bonds. The van der Waals surface area contributed by atoms with E-state index in [4.69, 9.17) is 27.9 Å². The minimum atomic E-state index is -0.0789. The maximum atomic E-state index is 10.6. The molecule has 1 aliphatic heterocycles. The summed E-state index contributed by atoms with van der Waals surface area (Å²) in [5.41, 5.74) is 4.13. The Hall–Kier alpha value is -2.62. The van der Waals surface area contributed by atoms with Gasteiger partial charge in [0.05, 0.1) is 11.1 Å². The van der Waals surface area contributed by atoms with Gasteiger partial charge in [-0.05, 0) is 53.8 Å². The predicted molar refractivity (Wildman–Crippen MR) is 122 cm³/mol. The highest BCUT2D eigenvalue weighted by Gasteiger charge is 2.39. The van der Waals surface area contributed by atoms with E-state index in [1.54, 1.807) is 12.1 Å². The van der Waals surface area contributed by atoms with E-state index < -0.39 is 0 Å². The van der Waals surface area contributed by atoms with Gasteiger partial charge in [0.25, 0.3) is 0 Å². The van der Waals surface area contributed by atoms with Gasteiger partial charge in [0.2, 0.25) is 0 Å². The number of halogens is 2. The minimum Gasteiger partial charge on any atom is -0.506 e. The monoisotopic (exact) mass is 437 g/mol. The van der Waals surface area contributed by atoms with Crippen molar-refractivity contribution in [3.63, 3.8) is 0 Å². The predicted octanol–water partition coefficient (Wildman–Crippen LogP) is 7.10. The molecule has 1 heterocycles. The van der Waals surface area contributed by atoms with Crippen molar-refractivity contribution in [2.45, 2.75) is 25.0 Å². The summed E-state index contributed by atoms with van der Waals surface area (Å²) in [4.78, 5) is 0. The SMILES string of the molecule is Oc1c(Cl)cc(Cl)cc1C1Nc2ccc(OCc3ccccc3)cc2C2C=CCC21. The smallest absolute Gasteiger partial charge is 0.139 e. The number of hydrogen-bond acceptors (Lipinski definition) is 3. The maximum Gasteiger partial charge on any atom is 0.139 e. The molecule has 0 saturated carbocycles. The summed E-state index contributed by atoms with van der Waals surface area (Å²) >= 11 is 12.4. The van der Waals surface area contributed by atoms with Crippen molar-refractivity contribution in [3.05, 3.63) is 99.6 Å². The number of phenolic OH excluding ortho intramolecular Hbond substituents is 1. The van der Waals surface area contributed by atoms with E-state index in [2.05, 4.69) is 35.7 Å². The zero-order valence-electron chi connectivity index (χ0n) is 16.2. The second-order valence-electron chi connectivity index (χ2n) is 7.82. The molecule has 0 bridgehead atoms. The molecule has 5 rings (SSSR count). The third kappa shape index (κ3) is 3.53. The fourth-order valence-corrected chi connectivity index (χ4v) is 5.04. The fourth-order valence-electron chi connectivity index (χ4n) is 4.53. The van der Waals surface area contributed by atoms with Crippen LogP contribution in [-0.2, 0) is 6.61 Å². The summed E-state index contributed by atoms with van der Waals surface area (Å²) < 4.78 is 6.04. The van der Waals surface area contributed by atoms with Crippen molar-refractivity contribution < 1.29 is 9.84 Å². The number of benzene rings is 3. The molecule has 30 heavy (non-hydrogen) atoms. The first-order valence-corrected chi connectivity index (χ1v) is 10.8. The maximum absolute atomic E-state index is 10.6. The topological polar surface area (TPSA) is 41.5 Å². The van der Waals surface area contributed by atoms with Gasteiger partial charge >= 0.3 is 0 Å². The Balaban J connectivity index is 1.45. The number of hydrogen-bond donors (Lipinski definition) is 2. The molecule has 2 aliphatic rings. The first-order valence-electron chi connectivity index (χ1n) is 10.0. The molecular formula is C25H21Cl2NO2. The lowest BCUT2D eigenvalue weighted by molar-refractivity contribution is 0.305. The van der Waals surface area contributed by atoms with Crippen molar-refractivity contribution in [2.24, 2.45) is 5.92 Å². The Labute approximate surface area is 185 Å². The molecule has 0 spiro atoms. The number of phenols is 1. The molecule has 0 radical (unpaired) electrons. The summed E-state index contributed by atoms with van der Waals surface area (Å²) in [5.74, 6) is 1.45. The normalized spacial score (nSPS) is 21.6. The molecule has 1 aliphatic carbocycles. The molecule has 2 N–H and O–H groups in total. The average Bonchev–Trinajstić information content (AvgIpc) is 3.25. The van der Waals surface area contributed by atoms with E-state index >= 15 is 0 Å². The molecule has 0 aromatic heterocycles. The number of ether oxygens (including phenoxy) is 1. The van der Waals surface area contributed by atoms with Crippen LogP contribution in [0.3, 0.4) is 0 Å². The van der Waals surface area contributed by atoms with Gasteiger partial charge in [-0.25, -0.2) is 0 Å². The van der Waals surface area contributed by atoms with E-state index in [9.17, 15) is 5.11 Å². The van der Waals surface area contributed by atoms with E-state index in [0.717, 1.165) is 29.0 Å². The van der Waals surface area contributed by atoms with Crippen molar-refractivity contribution in [3.8, 4) is 11.5 Å². The molecule has 3 nitrogen and oxygen atoms in total. The van der Waals surface area contributed by atoms with Crippen LogP contribution >= 0.6 is 23.2 Å². The standard InChI is InChI=1S/C25H21Cl2NO2/c26-16-11-21(25(29)22(27)12-16)24-19-8-4-7-18(19)20-13-17(9-10-23(20)28-24)30-14-15-5-2-1-3-6-15/h1-7,9-13,18-19,24,28-29H,8,14H2. The van der Waals surface area contributed by atoms with Crippen molar-refractivity contribution >= 4 is 28.9 Å². The van der Waals surface area contributed by atoms with Gasteiger partial charge in [0.1, 0.15) is 18.1 Å². The van der Waals surface area contributed by atoms with Crippen LogP contribution in [0.15, 0.2) is 72.8 Å². The van der Waals surface area contributed by atoms with Crippen LogP contribution in [0.25, 0.3) is 0 Å². The fraction of sp³-hybridized carbons (Fsp3) is 0.200. The average molecular weight is 438 g/mol. The second kappa shape index (κ2) is 7.90. The zero-order chi connectivity index (χ0) is 20.7. The lowest BCUT2D eigenvalue weighted by Crippen LogP contribution is -2.29. The van der Waals surface area contributed by atoms with Crippen LogP contribution in [0.4, 0.5) is 5.69 Å². The summed E-state index contributed by atoms with van der Waals surface area (Å²) in [5, 5.41) is 15.0. The quantitative estimate of drug-likeness (QED) is 0.427. The van der Waals surface area contributed by atoms with Crippen LogP contribution in [0.2, 0.25) is 10.0 Å². The van der Waals surface area contributed by atoms with Crippen LogP contribution in [-0.4, -0.2) is 5.11 Å². The molecule has 3 aromatic carbocycles. The molecule has 0 fully saturated rings. The lowest BCUT2D eigenvalue weighted by Gasteiger charge is -2.38. The van der Waals surface area contributed by atoms with Crippen molar-refractivity contribution in [1.82, 2.24) is 0 Å². The number of anilines is 1. The third-order valence-corrected chi connectivity index (χ3v) is 6.48. The van der Waals surface area contributed by atoms with Crippen molar-refractivity contribution in [2.75, 3.05) is 5.32 Å². The van der Waals surface area contributed by atoms with Crippen LogP contribution < -0.4 is 10.1 Å². The number of aromatic hydroxyl groups is 1. The van der Waals surface area contributed by atoms with Gasteiger partial charge in [-0.2, -0.15) is 0 Å². The van der Waals surface area contributed by atoms with Gasteiger partial charge < -0.3 is 15.2 Å². The number of fused-ring (bicyclic) bond motifs is 3. The molecule has 3 aromatic rings. The van der Waals surface area contributed by atoms with E-state index in [1.807, 2.05) is 30.3 Å². The van der Waals surface area contributed by atoms with E-state index in [-0.39, 0.29) is 28.6 Å². The Morgan fingerprint density at radius 3 is 2.67 bits per heavy atom. The largest absolute Gasteiger partial charge is 0.506 e. The summed E-state index contributed by atoms with van der Waals surface area (Å²) in [6.45, 7) is 0.536. The number of nitrogens with one attached hydrogen (secondary N) is 1. The van der Waals surface area contributed by atoms with Gasteiger partial charge in [0.15, 0.2) is 0 Å². The van der Waals surface area contributed by atoms with Crippen LogP contribution in [0, 0.1) is 5.92 Å². The first kappa shape index (κ1) is 19.3. The number of rotatable bonds is 4. The molecule has 3 unspecified atom stereocenters. The van der Waals surface area contributed by atoms with Gasteiger partial charge in [0, 0.05) is 22.2 Å². The van der Waals surface area contributed by atoms with Crippen LogP contribution in [0.5, 0.6) is 11.5 Å². The Kier molecular flexibility index (Phi) is 5.10. The van der Waals surface area contributed by atoms with Gasteiger partial charge in [-0.15, -0.1) is 0 Å². The Morgan fingerprint density at radius 1 is 1.00 bits per heavy atom. The molecule has 0 saturated heterocycles. The number of allylic oxidation sites excluding steroid dienone is 2. The first-order chi connectivity index (χ1) is 14.6. The summed E-state index contributed by atoms with van der Waals surface area (Å²) in [6.07, 6.45) is 5.38. The highest BCUT2D eigenvalue weighted by atomic mass is 35.5.